The van der Waals surface area contributed by atoms with Crippen LogP contribution in [0, 0.1) is 13.8 Å². The summed E-state index contributed by atoms with van der Waals surface area (Å²) >= 11 is 0. The van der Waals surface area contributed by atoms with Crippen molar-refractivity contribution in [1.29, 1.82) is 0 Å². The number of para-hydroxylation sites is 1. The zero-order valence-electron chi connectivity index (χ0n) is 11.9. The number of nitrogens with one attached hydrogen (secondary N) is 1. The van der Waals surface area contributed by atoms with Crippen LogP contribution in [-0.2, 0) is 9.59 Å². The third-order valence-corrected chi connectivity index (χ3v) is 3.41. The number of rotatable bonds is 3. The van der Waals surface area contributed by atoms with Crippen molar-refractivity contribution in [2.24, 2.45) is 0 Å². The Morgan fingerprint density at radius 2 is 2.00 bits per heavy atom. The SMILES string of the molecule is Cc1cccc(C)c1OCC(=O)N1CCNC(=O)CC1. The first-order chi connectivity index (χ1) is 9.58. The van der Waals surface area contributed by atoms with E-state index in [1.807, 2.05) is 32.0 Å². The van der Waals surface area contributed by atoms with Crippen LogP contribution in [0.3, 0.4) is 0 Å². The maximum atomic E-state index is 12.1. The summed E-state index contributed by atoms with van der Waals surface area (Å²) in [6, 6.07) is 5.88. The fourth-order valence-electron chi connectivity index (χ4n) is 2.27. The van der Waals surface area contributed by atoms with Gasteiger partial charge in [0.25, 0.3) is 5.91 Å². The number of ether oxygens (including phenoxy) is 1. The van der Waals surface area contributed by atoms with Crippen LogP contribution in [0.4, 0.5) is 0 Å². The normalized spacial score (nSPS) is 15.5. The minimum atomic E-state index is -0.0795. The summed E-state index contributed by atoms with van der Waals surface area (Å²) in [6.07, 6.45) is 0.356. The Kier molecular flexibility index (Phi) is 4.61. The molecular weight excluding hydrogens is 256 g/mol. The van der Waals surface area contributed by atoms with Crippen molar-refractivity contribution in [3.05, 3.63) is 29.3 Å². The summed E-state index contributed by atoms with van der Waals surface area (Å²) in [6.45, 7) is 5.44. The van der Waals surface area contributed by atoms with Gasteiger partial charge in [-0.1, -0.05) is 18.2 Å². The van der Waals surface area contributed by atoms with E-state index < -0.39 is 0 Å². The molecule has 1 aromatic carbocycles. The Labute approximate surface area is 118 Å². The fraction of sp³-hybridized carbons (Fsp3) is 0.467. The van der Waals surface area contributed by atoms with Crippen molar-refractivity contribution in [3.63, 3.8) is 0 Å². The third kappa shape index (κ3) is 3.50. The molecule has 2 amide bonds. The topological polar surface area (TPSA) is 58.6 Å². The Balaban J connectivity index is 1.93. The molecule has 0 aromatic heterocycles. The van der Waals surface area contributed by atoms with E-state index in [9.17, 15) is 9.59 Å². The van der Waals surface area contributed by atoms with Crippen LogP contribution in [0.2, 0.25) is 0 Å². The van der Waals surface area contributed by atoms with Gasteiger partial charge in [-0.25, -0.2) is 0 Å². The Morgan fingerprint density at radius 3 is 2.70 bits per heavy atom. The molecular formula is C15H20N2O3. The van der Waals surface area contributed by atoms with Crippen LogP contribution in [-0.4, -0.2) is 43.0 Å². The molecule has 1 N–H and O–H groups in total. The van der Waals surface area contributed by atoms with Gasteiger partial charge in [0.15, 0.2) is 6.61 Å². The molecule has 5 heteroatoms. The number of hydrogen-bond acceptors (Lipinski definition) is 3. The largest absolute Gasteiger partial charge is 0.483 e. The summed E-state index contributed by atoms with van der Waals surface area (Å²) in [4.78, 5) is 25.0. The van der Waals surface area contributed by atoms with E-state index in [0.717, 1.165) is 16.9 Å². The van der Waals surface area contributed by atoms with Crippen LogP contribution < -0.4 is 10.1 Å². The van der Waals surface area contributed by atoms with E-state index in [1.165, 1.54) is 0 Å². The predicted octanol–water partition coefficient (Wildman–Crippen LogP) is 1.03. The van der Waals surface area contributed by atoms with E-state index in [0.29, 0.717) is 26.1 Å². The maximum Gasteiger partial charge on any atom is 0.260 e. The van der Waals surface area contributed by atoms with Gasteiger partial charge in [-0.2, -0.15) is 0 Å². The molecule has 0 saturated carbocycles. The molecule has 0 aliphatic carbocycles. The van der Waals surface area contributed by atoms with Crippen molar-refractivity contribution in [3.8, 4) is 5.75 Å². The molecule has 0 radical (unpaired) electrons. The highest BCUT2D eigenvalue weighted by Gasteiger charge is 2.19. The highest BCUT2D eigenvalue weighted by Crippen LogP contribution is 2.22. The predicted molar refractivity (Wildman–Crippen MR) is 75.6 cm³/mol. The lowest BCUT2D eigenvalue weighted by Crippen LogP contribution is -2.37. The molecule has 20 heavy (non-hydrogen) atoms. The van der Waals surface area contributed by atoms with E-state index in [1.54, 1.807) is 4.90 Å². The smallest absolute Gasteiger partial charge is 0.260 e. The number of carbonyl (C=O) groups is 2. The molecule has 5 nitrogen and oxygen atoms in total. The molecule has 2 rings (SSSR count). The summed E-state index contributed by atoms with van der Waals surface area (Å²) < 4.78 is 5.65. The summed E-state index contributed by atoms with van der Waals surface area (Å²) in [5, 5.41) is 2.75. The first kappa shape index (κ1) is 14.4. The van der Waals surface area contributed by atoms with Gasteiger partial charge in [-0.15, -0.1) is 0 Å². The molecule has 1 heterocycles. The van der Waals surface area contributed by atoms with Crippen molar-refractivity contribution in [1.82, 2.24) is 10.2 Å². The Morgan fingerprint density at radius 1 is 1.30 bits per heavy atom. The van der Waals surface area contributed by atoms with Crippen LogP contribution >= 0.6 is 0 Å². The molecule has 1 fully saturated rings. The minimum Gasteiger partial charge on any atom is -0.483 e. The zero-order chi connectivity index (χ0) is 14.5. The molecule has 0 spiro atoms. The number of amides is 2. The molecule has 0 bridgehead atoms. The number of nitrogens with zero attached hydrogens (tertiary/aromatic N) is 1. The van der Waals surface area contributed by atoms with E-state index in [2.05, 4.69) is 5.32 Å². The van der Waals surface area contributed by atoms with Gasteiger partial charge in [0.2, 0.25) is 5.91 Å². The molecule has 1 aromatic rings. The average molecular weight is 276 g/mol. The van der Waals surface area contributed by atoms with E-state index in [4.69, 9.17) is 4.74 Å². The second-order valence-corrected chi connectivity index (χ2v) is 4.99. The summed E-state index contributed by atoms with van der Waals surface area (Å²) in [7, 11) is 0. The van der Waals surface area contributed by atoms with Gasteiger partial charge in [0.05, 0.1) is 0 Å². The first-order valence-corrected chi connectivity index (χ1v) is 6.81. The van der Waals surface area contributed by atoms with Gasteiger partial charge in [0.1, 0.15) is 5.75 Å². The monoisotopic (exact) mass is 276 g/mol. The van der Waals surface area contributed by atoms with Crippen LogP contribution in [0.25, 0.3) is 0 Å². The minimum absolute atomic E-state index is 0.00373. The van der Waals surface area contributed by atoms with Crippen LogP contribution in [0.1, 0.15) is 17.5 Å². The lowest BCUT2D eigenvalue weighted by Gasteiger charge is -2.20. The number of carbonyl (C=O) groups excluding carboxylic acids is 2. The number of aryl methyl sites for hydroxylation is 2. The summed E-state index contributed by atoms with van der Waals surface area (Å²) in [5.41, 5.74) is 2.04. The second kappa shape index (κ2) is 6.41. The summed E-state index contributed by atoms with van der Waals surface area (Å²) in [5.74, 6) is 0.685. The highest BCUT2D eigenvalue weighted by atomic mass is 16.5. The molecule has 1 aliphatic heterocycles. The lowest BCUT2D eigenvalue weighted by molar-refractivity contribution is -0.133. The van der Waals surface area contributed by atoms with Crippen molar-refractivity contribution in [2.45, 2.75) is 20.3 Å². The Hall–Kier alpha value is -2.04. The second-order valence-electron chi connectivity index (χ2n) is 4.99. The Bertz CT molecular complexity index is 494. The number of hydrogen-bond donors (Lipinski definition) is 1. The van der Waals surface area contributed by atoms with Gasteiger partial charge < -0.3 is 15.0 Å². The molecule has 108 valence electrons. The van der Waals surface area contributed by atoms with Crippen LogP contribution in [0.15, 0.2) is 18.2 Å². The zero-order valence-corrected chi connectivity index (χ0v) is 11.9. The van der Waals surface area contributed by atoms with Crippen molar-refractivity contribution >= 4 is 11.8 Å². The molecule has 1 aliphatic rings. The molecule has 1 saturated heterocycles. The van der Waals surface area contributed by atoms with E-state index >= 15 is 0 Å². The standard InChI is InChI=1S/C15H20N2O3/c1-11-4-3-5-12(2)15(11)20-10-14(19)17-8-6-13(18)16-7-9-17/h3-5H,6-10H2,1-2H3,(H,16,18). The number of benzene rings is 1. The van der Waals surface area contributed by atoms with Gasteiger partial charge >= 0.3 is 0 Å². The fourth-order valence-corrected chi connectivity index (χ4v) is 2.27. The average Bonchev–Trinajstić information content (AvgIpc) is 2.63. The highest BCUT2D eigenvalue weighted by molar-refractivity contribution is 5.81. The molecule has 0 atom stereocenters. The van der Waals surface area contributed by atoms with Gasteiger partial charge in [0, 0.05) is 26.1 Å². The maximum absolute atomic E-state index is 12.1. The van der Waals surface area contributed by atoms with Crippen molar-refractivity contribution in [2.75, 3.05) is 26.2 Å². The molecule has 0 unspecified atom stereocenters. The van der Waals surface area contributed by atoms with E-state index in [-0.39, 0.29) is 18.4 Å². The first-order valence-electron chi connectivity index (χ1n) is 6.81. The quantitative estimate of drug-likeness (QED) is 0.897. The van der Waals surface area contributed by atoms with Crippen molar-refractivity contribution < 1.29 is 14.3 Å². The van der Waals surface area contributed by atoms with Gasteiger partial charge in [-0.05, 0) is 25.0 Å². The third-order valence-electron chi connectivity index (χ3n) is 3.41. The van der Waals surface area contributed by atoms with Crippen LogP contribution in [0.5, 0.6) is 5.75 Å². The van der Waals surface area contributed by atoms with Gasteiger partial charge in [-0.3, -0.25) is 9.59 Å². The lowest BCUT2D eigenvalue weighted by atomic mass is 10.1.